The van der Waals surface area contributed by atoms with Crippen molar-refractivity contribution in [3.8, 4) is 0 Å². The standard InChI is InChI=1S/C13H20N4.HI/c1-2-15-13(14)16-11-8-9-17(10-11)12-6-4-3-5-7-12;/h3-7,11H,2,8-10H2,1H3,(H3,14,15,16);1H. The predicted molar refractivity (Wildman–Crippen MR) is 87.8 cm³/mol. The Hall–Kier alpha value is -0.980. The molecule has 1 atom stereocenters. The first-order valence-electron chi connectivity index (χ1n) is 6.16. The summed E-state index contributed by atoms with van der Waals surface area (Å²) in [5.41, 5.74) is 7.05. The number of nitrogens with two attached hydrogens (primary N) is 1. The molecule has 0 aromatic heterocycles. The number of hydrogen-bond acceptors (Lipinski definition) is 2. The molecule has 5 heteroatoms. The van der Waals surface area contributed by atoms with E-state index in [1.165, 1.54) is 5.69 Å². The fourth-order valence-corrected chi connectivity index (χ4v) is 2.18. The lowest BCUT2D eigenvalue weighted by Crippen LogP contribution is -2.41. The molecule has 2 rings (SSSR count). The van der Waals surface area contributed by atoms with Crippen molar-refractivity contribution in [2.24, 2.45) is 10.7 Å². The molecular weight excluding hydrogens is 339 g/mol. The summed E-state index contributed by atoms with van der Waals surface area (Å²) in [4.78, 5) is 6.52. The maximum absolute atomic E-state index is 5.77. The van der Waals surface area contributed by atoms with E-state index in [-0.39, 0.29) is 24.0 Å². The van der Waals surface area contributed by atoms with Crippen LogP contribution in [-0.2, 0) is 0 Å². The lowest BCUT2D eigenvalue weighted by molar-refractivity contribution is 0.664. The zero-order chi connectivity index (χ0) is 12.1. The highest BCUT2D eigenvalue weighted by Gasteiger charge is 2.22. The normalized spacial score (nSPS) is 19.5. The van der Waals surface area contributed by atoms with Crippen LogP contribution >= 0.6 is 24.0 Å². The second-order valence-electron chi connectivity index (χ2n) is 4.27. The molecule has 0 amide bonds. The summed E-state index contributed by atoms with van der Waals surface area (Å²) in [5.74, 6) is 0.562. The minimum absolute atomic E-state index is 0. The second kappa shape index (κ2) is 7.45. The molecule has 1 saturated heterocycles. The van der Waals surface area contributed by atoms with Crippen LogP contribution in [-0.4, -0.2) is 31.6 Å². The Kier molecular flexibility index (Phi) is 6.24. The fourth-order valence-electron chi connectivity index (χ4n) is 2.18. The molecule has 0 radical (unpaired) electrons. The van der Waals surface area contributed by atoms with Gasteiger partial charge in [0, 0.05) is 31.4 Å². The van der Waals surface area contributed by atoms with Crippen molar-refractivity contribution >= 4 is 35.6 Å². The number of rotatable bonds is 3. The average molecular weight is 360 g/mol. The number of guanidine groups is 1. The van der Waals surface area contributed by atoms with Crippen molar-refractivity contribution in [2.75, 3.05) is 24.5 Å². The van der Waals surface area contributed by atoms with Crippen molar-refractivity contribution in [3.63, 3.8) is 0 Å². The van der Waals surface area contributed by atoms with Crippen LogP contribution in [0, 0.1) is 0 Å². The smallest absolute Gasteiger partial charge is 0.188 e. The second-order valence-corrected chi connectivity index (χ2v) is 4.27. The minimum atomic E-state index is 0. The van der Waals surface area contributed by atoms with Crippen molar-refractivity contribution in [1.29, 1.82) is 0 Å². The number of nitrogens with one attached hydrogen (secondary N) is 1. The molecule has 1 aromatic rings. The van der Waals surface area contributed by atoms with E-state index in [1.54, 1.807) is 0 Å². The number of aliphatic imine (C=N–C) groups is 1. The number of anilines is 1. The Balaban J connectivity index is 0.00000162. The van der Waals surface area contributed by atoms with Gasteiger partial charge in [0.1, 0.15) is 0 Å². The van der Waals surface area contributed by atoms with Gasteiger partial charge in [-0.25, -0.2) is 0 Å². The SMILES string of the molecule is CCN=C(N)NC1CCN(c2ccccc2)C1.I. The Morgan fingerprint density at radius 3 is 2.83 bits per heavy atom. The van der Waals surface area contributed by atoms with Gasteiger partial charge in [-0.3, -0.25) is 4.99 Å². The van der Waals surface area contributed by atoms with E-state index in [0.717, 1.165) is 26.1 Å². The number of hydrogen-bond donors (Lipinski definition) is 2. The van der Waals surface area contributed by atoms with E-state index in [4.69, 9.17) is 5.73 Å². The number of nitrogens with zero attached hydrogens (tertiary/aromatic N) is 2. The highest BCUT2D eigenvalue weighted by atomic mass is 127. The van der Waals surface area contributed by atoms with Crippen LogP contribution in [0.5, 0.6) is 0 Å². The van der Waals surface area contributed by atoms with Gasteiger partial charge in [-0.05, 0) is 25.5 Å². The van der Waals surface area contributed by atoms with E-state index in [1.807, 2.05) is 13.0 Å². The Labute approximate surface area is 126 Å². The molecule has 1 aliphatic rings. The maximum Gasteiger partial charge on any atom is 0.188 e. The summed E-state index contributed by atoms with van der Waals surface area (Å²) in [6.07, 6.45) is 1.11. The van der Waals surface area contributed by atoms with Crippen molar-refractivity contribution in [1.82, 2.24) is 5.32 Å². The van der Waals surface area contributed by atoms with Crippen LogP contribution in [0.15, 0.2) is 35.3 Å². The molecule has 18 heavy (non-hydrogen) atoms. The maximum atomic E-state index is 5.77. The third kappa shape index (κ3) is 4.04. The molecule has 100 valence electrons. The lowest BCUT2D eigenvalue weighted by atomic mass is 10.3. The van der Waals surface area contributed by atoms with Crippen LogP contribution in [0.1, 0.15) is 13.3 Å². The Bertz CT molecular complexity index is 380. The Morgan fingerprint density at radius 1 is 1.44 bits per heavy atom. The van der Waals surface area contributed by atoms with E-state index in [2.05, 4.69) is 39.5 Å². The van der Waals surface area contributed by atoms with E-state index >= 15 is 0 Å². The first-order chi connectivity index (χ1) is 8.29. The van der Waals surface area contributed by atoms with Gasteiger partial charge in [0.2, 0.25) is 0 Å². The monoisotopic (exact) mass is 360 g/mol. The van der Waals surface area contributed by atoms with Crippen LogP contribution < -0.4 is 16.0 Å². The van der Waals surface area contributed by atoms with Crippen LogP contribution in [0.2, 0.25) is 0 Å². The molecular formula is C13H21IN4. The largest absolute Gasteiger partial charge is 0.370 e. The van der Waals surface area contributed by atoms with Crippen molar-refractivity contribution in [3.05, 3.63) is 30.3 Å². The van der Waals surface area contributed by atoms with Gasteiger partial charge < -0.3 is 16.0 Å². The van der Waals surface area contributed by atoms with E-state index in [9.17, 15) is 0 Å². The summed E-state index contributed by atoms with van der Waals surface area (Å²) in [7, 11) is 0. The molecule has 1 unspecified atom stereocenters. The molecule has 4 nitrogen and oxygen atoms in total. The highest BCUT2D eigenvalue weighted by Crippen LogP contribution is 2.19. The summed E-state index contributed by atoms with van der Waals surface area (Å²) >= 11 is 0. The van der Waals surface area contributed by atoms with Gasteiger partial charge in [0.15, 0.2) is 5.96 Å². The van der Waals surface area contributed by atoms with Crippen LogP contribution in [0.3, 0.4) is 0 Å². The molecule has 0 bridgehead atoms. The molecule has 1 aliphatic heterocycles. The number of halogens is 1. The molecule has 1 aromatic carbocycles. The lowest BCUT2D eigenvalue weighted by Gasteiger charge is -2.19. The first-order valence-corrected chi connectivity index (χ1v) is 6.16. The van der Waals surface area contributed by atoms with E-state index in [0.29, 0.717) is 12.0 Å². The topological polar surface area (TPSA) is 53.6 Å². The predicted octanol–water partition coefficient (Wildman–Crippen LogP) is 1.81. The van der Waals surface area contributed by atoms with Gasteiger partial charge in [-0.2, -0.15) is 0 Å². The summed E-state index contributed by atoms with van der Waals surface area (Å²) < 4.78 is 0. The van der Waals surface area contributed by atoms with Gasteiger partial charge in [-0.15, -0.1) is 24.0 Å². The zero-order valence-electron chi connectivity index (χ0n) is 10.7. The molecule has 1 heterocycles. The van der Waals surface area contributed by atoms with Crippen LogP contribution in [0.4, 0.5) is 5.69 Å². The summed E-state index contributed by atoms with van der Waals surface area (Å²) in [6.45, 7) is 4.78. The van der Waals surface area contributed by atoms with Crippen molar-refractivity contribution in [2.45, 2.75) is 19.4 Å². The minimum Gasteiger partial charge on any atom is -0.370 e. The van der Waals surface area contributed by atoms with Crippen LogP contribution in [0.25, 0.3) is 0 Å². The highest BCUT2D eigenvalue weighted by molar-refractivity contribution is 14.0. The summed E-state index contributed by atoms with van der Waals surface area (Å²) in [5, 5.41) is 3.27. The zero-order valence-corrected chi connectivity index (χ0v) is 13.0. The third-order valence-corrected chi connectivity index (χ3v) is 2.99. The molecule has 0 saturated carbocycles. The van der Waals surface area contributed by atoms with Gasteiger partial charge in [0.05, 0.1) is 0 Å². The van der Waals surface area contributed by atoms with Gasteiger partial charge >= 0.3 is 0 Å². The third-order valence-electron chi connectivity index (χ3n) is 2.99. The number of benzene rings is 1. The Morgan fingerprint density at radius 2 is 2.17 bits per heavy atom. The van der Waals surface area contributed by atoms with Gasteiger partial charge in [-0.1, -0.05) is 18.2 Å². The molecule has 0 spiro atoms. The summed E-state index contributed by atoms with van der Waals surface area (Å²) in [6, 6.07) is 10.9. The average Bonchev–Trinajstić information content (AvgIpc) is 2.79. The molecule has 3 N–H and O–H groups in total. The quantitative estimate of drug-likeness (QED) is 0.491. The van der Waals surface area contributed by atoms with E-state index < -0.39 is 0 Å². The molecule has 0 aliphatic carbocycles. The van der Waals surface area contributed by atoms with Crippen molar-refractivity contribution < 1.29 is 0 Å². The first kappa shape index (κ1) is 15.1. The molecule has 1 fully saturated rings. The van der Waals surface area contributed by atoms with Gasteiger partial charge in [0.25, 0.3) is 0 Å². The number of para-hydroxylation sites is 1. The fraction of sp³-hybridized carbons (Fsp3) is 0.462.